The number of amidine groups is 1. The summed E-state index contributed by atoms with van der Waals surface area (Å²) < 4.78 is 0.170. The number of carbonyl (C=O) groups is 1. The van der Waals surface area contributed by atoms with Crippen LogP contribution in [0.3, 0.4) is 0 Å². The number of nitrogens with two attached hydrogens (primary N) is 1. The smallest absolute Gasteiger partial charge is 0.308 e. The van der Waals surface area contributed by atoms with Gasteiger partial charge in [0.15, 0.2) is 0 Å². The number of nitrogens with zero attached hydrogens (tertiary/aromatic N) is 3. The van der Waals surface area contributed by atoms with E-state index in [2.05, 4.69) is 18.9 Å². The summed E-state index contributed by atoms with van der Waals surface area (Å²) in [4.78, 5) is 17.1. The summed E-state index contributed by atoms with van der Waals surface area (Å²) in [7, 11) is 0. The van der Waals surface area contributed by atoms with Crippen molar-refractivity contribution in [1.29, 1.82) is 0 Å². The molecule has 0 aromatic heterocycles. The molecular formula is C18H21N4O+. The van der Waals surface area contributed by atoms with Gasteiger partial charge in [0.25, 0.3) is 11.5 Å². The fourth-order valence-corrected chi connectivity index (χ4v) is 3.27. The Balaban J connectivity index is 2.28. The third kappa shape index (κ3) is 2.25. The van der Waals surface area contributed by atoms with Crippen molar-refractivity contribution in [3.63, 3.8) is 0 Å². The third-order valence-electron chi connectivity index (χ3n) is 4.26. The van der Waals surface area contributed by atoms with E-state index in [1.165, 1.54) is 0 Å². The van der Waals surface area contributed by atoms with E-state index in [1.54, 1.807) is 0 Å². The maximum Gasteiger partial charge on any atom is 0.308 e. The Labute approximate surface area is 136 Å². The Morgan fingerprint density at radius 1 is 1.17 bits per heavy atom. The maximum atomic E-state index is 12.4. The fourth-order valence-electron chi connectivity index (χ4n) is 3.27. The van der Waals surface area contributed by atoms with Crippen molar-refractivity contribution in [2.24, 2.45) is 10.7 Å². The molecule has 2 aliphatic heterocycles. The van der Waals surface area contributed by atoms with Crippen LogP contribution in [0.1, 0.15) is 19.4 Å². The van der Waals surface area contributed by atoms with Gasteiger partial charge in [-0.1, -0.05) is 30.3 Å². The van der Waals surface area contributed by atoms with Crippen LogP contribution in [0.5, 0.6) is 0 Å². The van der Waals surface area contributed by atoms with E-state index >= 15 is 0 Å². The lowest BCUT2D eigenvalue weighted by Crippen LogP contribution is -2.60. The van der Waals surface area contributed by atoms with Crippen LogP contribution >= 0.6 is 0 Å². The minimum absolute atomic E-state index is 0.170. The molecule has 0 aliphatic carbocycles. The Hall–Kier alpha value is -2.50. The zero-order valence-corrected chi connectivity index (χ0v) is 13.4. The molecule has 0 radical (unpaired) electrons. The summed E-state index contributed by atoms with van der Waals surface area (Å²) in [6.07, 6.45) is 7.79. The zero-order valence-electron chi connectivity index (χ0n) is 13.4. The van der Waals surface area contributed by atoms with E-state index in [-0.39, 0.29) is 4.59 Å². The molecule has 0 saturated heterocycles. The molecule has 1 aromatic rings. The molecule has 1 atom stereocenters. The molecule has 1 unspecified atom stereocenters. The number of hydrogen-bond acceptors (Lipinski definition) is 3. The molecule has 2 N–H and O–H groups in total. The Kier molecular flexibility index (Phi) is 3.98. The van der Waals surface area contributed by atoms with Crippen LogP contribution in [-0.2, 0) is 4.79 Å². The van der Waals surface area contributed by atoms with Gasteiger partial charge in [0, 0.05) is 24.7 Å². The maximum absolute atomic E-state index is 12.4. The summed E-state index contributed by atoms with van der Waals surface area (Å²) in [5.74, 6) is 0.346. The largest absolute Gasteiger partial charge is 0.361 e. The average Bonchev–Trinajstić information content (AvgIpc) is 2.92. The number of hydrogen-bond donors (Lipinski definition) is 1. The monoisotopic (exact) mass is 309 g/mol. The summed E-state index contributed by atoms with van der Waals surface area (Å²) in [6, 6.07) is 9.72. The summed E-state index contributed by atoms with van der Waals surface area (Å²) in [5.41, 5.74) is 7.84. The highest BCUT2D eigenvalue weighted by molar-refractivity contribution is 6.08. The van der Waals surface area contributed by atoms with Gasteiger partial charge in [-0.25, -0.2) is 0 Å². The molecule has 3 rings (SSSR count). The van der Waals surface area contributed by atoms with Crippen molar-refractivity contribution in [2.45, 2.75) is 13.8 Å². The van der Waals surface area contributed by atoms with Gasteiger partial charge >= 0.3 is 5.91 Å². The molecular weight excluding hydrogens is 288 g/mol. The van der Waals surface area contributed by atoms with Crippen LogP contribution in [0.15, 0.2) is 65.4 Å². The lowest BCUT2D eigenvalue weighted by molar-refractivity contribution is -0.872. The summed E-state index contributed by atoms with van der Waals surface area (Å²) >= 11 is 0. The highest BCUT2D eigenvalue weighted by Gasteiger charge is 2.51. The Morgan fingerprint density at radius 3 is 2.48 bits per heavy atom. The SMILES string of the molecule is CCN(CC)[N+]12C=CC=CC1=NC(c1ccccc1)=C2C(N)=O. The molecule has 0 spiro atoms. The van der Waals surface area contributed by atoms with E-state index in [0.717, 1.165) is 24.5 Å². The average molecular weight is 309 g/mol. The minimum atomic E-state index is -0.450. The molecule has 23 heavy (non-hydrogen) atoms. The zero-order chi connectivity index (χ0) is 16.4. The van der Waals surface area contributed by atoms with Gasteiger partial charge in [0.2, 0.25) is 0 Å². The number of quaternary nitrogens is 1. The predicted molar refractivity (Wildman–Crippen MR) is 91.5 cm³/mol. The van der Waals surface area contributed by atoms with E-state index in [9.17, 15) is 4.79 Å². The Morgan fingerprint density at radius 2 is 1.87 bits per heavy atom. The molecule has 5 heteroatoms. The van der Waals surface area contributed by atoms with Crippen LogP contribution in [0.2, 0.25) is 0 Å². The van der Waals surface area contributed by atoms with Gasteiger partial charge in [-0.15, -0.1) is 9.60 Å². The molecule has 5 nitrogen and oxygen atoms in total. The number of amides is 1. The van der Waals surface area contributed by atoms with Crippen molar-refractivity contribution in [1.82, 2.24) is 5.01 Å². The van der Waals surface area contributed by atoms with E-state index in [1.807, 2.05) is 54.8 Å². The number of fused-ring (bicyclic) bond motifs is 1. The lowest BCUT2D eigenvalue weighted by atomic mass is 10.1. The van der Waals surface area contributed by atoms with E-state index in [4.69, 9.17) is 10.7 Å². The second kappa shape index (κ2) is 5.95. The highest BCUT2D eigenvalue weighted by Crippen LogP contribution is 2.39. The van der Waals surface area contributed by atoms with Crippen molar-refractivity contribution >= 4 is 17.4 Å². The summed E-state index contributed by atoms with van der Waals surface area (Å²) in [6.45, 7) is 5.68. The third-order valence-corrected chi connectivity index (χ3v) is 4.26. The van der Waals surface area contributed by atoms with Crippen molar-refractivity contribution in [3.8, 4) is 0 Å². The van der Waals surface area contributed by atoms with E-state index < -0.39 is 5.91 Å². The first-order valence-corrected chi connectivity index (χ1v) is 7.84. The van der Waals surface area contributed by atoms with Crippen molar-refractivity contribution in [3.05, 3.63) is 66.0 Å². The molecule has 2 heterocycles. The van der Waals surface area contributed by atoms with Gasteiger partial charge < -0.3 is 5.73 Å². The van der Waals surface area contributed by atoms with Gasteiger partial charge in [0.05, 0.1) is 0 Å². The molecule has 0 fully saturated rings. The Bertz CT molecular complexity index is 742. The fraction of sp³-hybridized carbons (Fsp3) is 0.222. The number of primary amides is 1. The van der Waals surface area contributed by atoms with E-state index in [0.29, 0.717) is 11.4 Å². The molecule has 0 saturated carbocycles. The normalized spacial score (nSPS) is 22.5. The topological polar surface area (TPSA) is 58.7 Å². The molecule has 1 amide bonds. The van der Waals surface area contributed by atoms with Crippen LogP contribution in [0.4, 0.5) is 0 Å². The molecule has 1 aromatic carbocycles. The standard InChI is InChI=1S/C18H20N4O/c1-3-21(4-2)22-13-9-8-12-15(22)20-16(17(22)18(19)23)14-10-6-5-7-11-14/h5-13H,3-4H2,1-2H3,(H-,19,23)/p+1. The van der Waals surface area contributed by atoms with Gasteiger partial charge in [-0.3, -0.25) is 4.79 Å². The number of benzene rings is 1. The van der Waals surface area contributed by atoms with Crippen LogP contribution < -0.4 is 5.73 Å². The van der Waals surface area contributed by atoms with Crippen molar-refractivity contribution in [2.75, 3.05) is 13.1 Å². The number of aliphatic imine (C=N–C) groups is 1. The lowest BCUT2D eigenvalue weighted by Gasteiger charge is -2.39. The second-order valence-corrected chi connectivity index (χ2v) is 5.42. The number of carbonyl (C=O) groups excluding carboxylic acids is 1. The highest BCUT2D eigenvalue weighted by atomic mass is 16.2. The van der Waals surface area contributed by atoms with Crippen LogP contribution in [-0.4, -0.2) is 34.4 Å². The van der Waals surface area contributed by atoms with Crippen LogP contribution in [0.25, 0.3) is 5.70 Å². The number of allylic oxidation sites excluding steroid dienone is 2. The van der Waals surface area contributed by atoms with Gasteiger partial charge in [0.1, 0.15) is 11.9 Å². The first kappa shape index (κ1) is 15.4. The minimum Gasteiger partial charge on any atom is -0.361 e. The van der Waals surface area contributed by atoms with Gasteiger partial charge in [-0.2, -0.15) is 4.99 Å². The second-order valence-electron chi connectivity index (χ2n) is 5.42. The van der Waals surface area contributed by atoms with Crippen LogP contribution in [0, 0.1) is 0 Å². The van der Waals surface area contributed by atoms with Crippen molar-refractivity contribution < 1.29 is 9.39 Å². The molecule has 0 bridgehead atoms. The first-order chi connectivity index (χ1) is 11.1. The predicted octanol–water partition coefficient (Wildman–Crippen LogP) is 2.41. The quantitative estimate of drug-likeness (QED) is 0.849. The molecule has 118 valence electrons. The first-order valence-electron chi connectivity index (χ1n) is 7.84. The molecule has 2 aliphatic rings. The summed E-state index contributed by atoms with van der Waals surface area (Å²) in [5, 5.41) is 2.16. The van der Waals surface area contributed by atoms with Gasteiger partial charge in [-0.05, 0) is 26.0 Å². The number of rotatable bonds is 5.